The number of carbonyl (C=O) groups excluding carboxylic acids is 1. The van der Waals surface area contributed by atoms with Crippen LogP contribution in [0.5, 0.6) is 0 Å². The van der Waals surface area contributed by atoms with Gasteiger partial charge in [0.2, 0.25) is 5.91 Å². The van der Waals surface area contributed by atoms with Crippen LogP contribution >= 0.6 is 0 Å². The number of rotatable bonds is 16. The highest BCUT2D eigenvalue weighted by molar-refractivity contribution is 5.88. The molecular weight excluding hydrogens is 420 g/mol. The molecule has 1 heterocycles. The molecule has 3 N–H and O–H groups in total. The highest BCUT2D eigenvalue weighted by Gasteiger charge is 2.26. The van der Waals surface area contributed by atoms with Gasteiger partial charge in [-0.25, -0.2) is 0 Å². The fourth-order valence-electron chi connectivity index (χ4n) is 4.31. The second kappa shape index (κ2) is 17.7. The average Bonchev–Trinajstić information content (AvgIpc) is 3.11. The normalized spacial score (nSPS) is 18.4. The Morgan fingerprint density at radius 3 is 2.12 bits per heavy atom. The van der Waals surface area contributed by atoms with Crippen LogP contribution in [0.15, 0.2) is 46.6 Å². The van der Waals surface area contributed by atoms with E-state index < -0.39 is 0 Å². The molecule has 1 atom stereocenters. The Hall–Kier alpha value is -1.69. The van der Waals surface area contributed by atoms with Crippen LogP contribution in [0.2, 0.25) is 0 Å². The summed E-state index contributed by atoms with van der Waals surface area (Å²) >= 11 is 0. The first-order chi connectivity index (χ1) is 16.2. The van der Waals surface area contributed by atoms with Crippen molar-refractivity contribution in [1.82, 2.24) is 15.1 Å². The molecule has 0 aliphatic carbocycles. The summed E-state index contributed by atoms with van der Waals surface area (Å²) in [6, 6.07) is 0.507. The van der Waals surface area contributed by atoms with Gasteiger partial charge in [-0.3, -0.25) is 14.6 Å². The van der Waals surface area contributed by atoms with Crippen molar-refractivity contribution in [3.05, 3.63) is 46.6 Å². The summed E-state index contributed by atoms with van der Waals surface area (Å²) in [4.78, 5) is 17.1. The number of nitrogens with zero attached hydrogens (tertiary/aromatic N) is 2. The predicted octanol–water partition coefficient (Wildman–Crippen LogP) is 5.56. The second-order valence-corrected chi connectivity index (χ2v) is 10.3. The van der Waals surface area contributed by atoms with Crippen molar-refractivity contribution in [2.45, 2.75) is 92.0 Å². The maximum absolute atomic E-state index is 12.3. The molecule has 1 amide bonds. The summed E-state index contributed by atoms with van der Waals surface area (Å²) in [6.45, 7) is 15.4. The topological polar surface area (TPSA) is 61.6 Å². The molecule has 5 heteroatoms. The van der Waals surface area contributed by atoms with Crippen LogP contribution in [-0.2, 0) is 4.79 Å². The van der Waals surface area contributed by atoms with E-state index in [1.807, 2.05) is 0 Å². The van der Waals surface area contributed by atoms with Crippen molar-refractivity contribution in [3.8, 4) is 0 Å². The van der Waals surface area contributed by atoms with Crippen LogP contribution in [0.3, 0.4) is 0 Å². The first kappa shape index (κ1) is 30.3. The zero-order valence-electron chi connectivity index (χ0n) is 23.0. The number of nitrogens with one attached hydrogen (secondary N) is 1. The molecule has 1 aliphatic rings. The molecule has 1 rings (SSSR count). The van der Waals surface area contributed by atoms with E-state index in [4.69, 9.17) is 5.73 Å². The summed E-state index contributed by atoms with van der Waals surface area (Å²) in [5, 5.41) is 3.07. The zero-order chi connectivity index (χ0) is 25.3. The van der Waals surface area contributed by atoms with E-state index in [1.165, 1.54) is 16.7 Å². The quantitative estimate of drug-likeness (QED) is 0.228. The van der Waals surface area contributed by atoms with Crippen LogP contribution in [0.1, 0.15) is 86.0 Å². The van der Waals surface area contributed by atoms with E-state index in [1.54, 1.807) is 6.08 Å². The highest BCUT2D eigenvalue weighted by atomic mass is 16.1. The van der Waals surface area contributed by atoms with Crippen molar-refractivity contribution < 1.29 is 4.79 Å². The molecule has 0 aromatic heterocycles. The summed E-state index contributed by atoms with van der Waals surface area (Å²) < 4.78 is 0. The van der Waals surface area contributed by atoms with E-state index in [0.29, 0.717) is 6.04 Å². The Bertz CT molecular complexity index is 716. The minimum absolute atomic E-state index is 0.0348. The smallest absolute Gasteiger partial charge is 0.243 e. The standard InChI is InChI=1S/C29H52N4O/c1-24(2)11-7-12-25(3)13-8-14-26(4)15-9-16-27(5)21-29(34)31-19-17-28-22-33(20-10-18-30)23-32(28)6/h11,13,15,21,28H,7-10,12,14,16-20,22-23,30H2,1-6H3,(H,31,34). The molecule has 0 saturated carbocycles. The Kier molecular flexibility index (Phi) is 15.8. The van der Waals surface area contributed by atoms with Gasteiger partial charge in [-0.05, 0) is 99.6 Å². The number of hydrogen-bond acceptors (Lipinski definition) is 4. The van der Waals surface area contributed by atoms with Crippen molar-refractivity contribution in [1.29, 1.82) is 0 Å². The monoisotopic (exact) mass is 472 g/mol. The third-order valence-corrected chi connectivity index (χ3v) is 6.50. The number of nitrogens with two attached hydrogens (primary N) is 1. The van der Waals surface area contributed by atoms with Crippen LogP contribution in [0.4, 0.5) is 0 Å². The largest absolute Gasteiger partial charge is 0.352 e. The van der Waals surface area contributed by atoms with Gasteiger partial charge in [0.15, 0.2) is 0 Å². The summed E-state index contributed by atoms with van der Waals surface area (Å²) in [6.07, 6.45) is 17.3. The molecule has 1 aliphatic heterocycles. The minimum atomic E-state index is 0.0348. The van der Waals surface area contributed by atoms with E-state index in [-0.39, 0.29) is 5.91 Å². The van der Waals surface area contributed by atoms with Gasteiger partial charge in [0.05, 0.1) is 6.67 Å². The van der Waals surface area contributed by atoms with Crippen LogP contribution < -0.4 is 11.1 Å². The third kappa shape index (κ3) is 14.5. The van der Waals surface area contributed by atoms with Crippen molar-refractivity contribution in [2.24, 2.45) is 5.73 Å². The van der Waals surface area contributed by atoms with Gasteiger partial charge in [0.1, 0.15) is 0 Å². The lowest BCUT2D eigenvalue weighted by Crippen LogP contribution is -2.32. The molecule has 0 radical (unpaired) electrons. The van der Waals surface area contributed by atoms with E-state index >= 15 is 0 Å². The van der Waals surface area contributed by atoms with Gasteiger partial charge in [-0.2, -0.15) is 0 Å². The average molecular weight is 473 g/mol. The highest BCUT2D eigenvalue weighted by Crippen LogP contribution is 2.15. The molecule has 0 aromatic carbocycles. The Morgan fingerprint density at radius 2 is 1.53 bits per heavy atom. The lowest BCUT2D eigenvalue weighted by molar-refractivity contribution is -0.116. The number of likely N-dealkylation sites (N-methyl/N-ethyl adjacent to an activating group) is 1. The maximum Gasteiger partial charge on any atom is 0.243 e. The summed E-state index contributed by atoms with van der Waals surface area (Å²) in [5.74, 6) is 0.0348. The van der Waals surface area contributed by atoms with Gasteiger partial charge in [0.25, 0.3) is 0 Å². The summed E-state index contributed by atoms with van der Waals surface area (Å²) in [7, 11) is 2.16. The van der Waals surface area contributed by atoms with Crippen LogP contribution in [0.25, 0.3) is 0 Å². The van der Waals surface area contributed by atoms with Crippen LogP contribution in [-0.4, -0.2) is 61.6 Å². The zero-order valence-corrected chi connectivity index (χ0v) is 23.0. The molecule has 0 aromatic rings. The lowest BCUT2D eigenvalue weighted by Gasteiger charge is -2.17. The van der Waals surface area contributed by atoms with Gasteiger partial charge < -0.3 is 11.1 Å². The first-order valence-corrected chi connectivity index (χ1v) is 13.2. The van der Waals surface area contributed by atoms with Gasteiger partial charge in [-0.1, -0.05) is 40.5 Å². The molecule has 194 valence electrons. The molecular formula is C29H52N4O. The molecule has 1 saturated heterocycles. The molecule has 1 unspecified atom stereocenters. The maximum atomic E-state index is 12.3. The first-order valence-electron chi connectivity index (χ1n) is 13.2. The summed E-state index contributed by atoms with van der Waals surface area (Å²) in [5.41, 5.74) is 11.1. The third-order valence-electron chi connectivity index (χ3n) is 6.50. The molecule has 1 fully saturated rings. The van der Waals surface area contributed by atoms with Gasteiger partial charge >= 0.3 is 0 Å². The number of allylic oxidation sites excluding steroid dienone is 7. The molecule has 5 nitrogen and oxygen atoms in total. The Morgan fingerprint density at radius 1 is 0.941 bits per heavy atom. The molecule has 0 bridgehead atoms. The van der Waals surface area contributed by atoms with Crippen molar-refractivity contribution in [2.75, 3.05) is 39.9 Å². The Labute approximate surface area is 210 Å². The number of hydrogen-bond donors (Lipinski definition) is 2. The predicted molar refractivity (Wildman–Crippen MR) is 148 cm³/mol. The van der Waals surface area contributed by atoms with Gasteiger partial charge in [-0.15, -0.1) is 0 Å². The number of carbonyl (C=O) groups is 1. The fraction of sp³-hybridized carbons (Fsp3) is 0.690. The minimum Gasteiger partial charge on any atom is -0.352 e. The van der Waals surface area contributed by atoms with Crippen LogP contribution in [0, 0.1) is 0 Å². The van der Waals surface area contributed by atoms with E-state index in [0.717, 1.165) is 89.8 Å². The Balaban J connectivity index is 2.23. The number of amides is 1. The van der Waals surface area contributed by atoms with Crippen molar-refractivity contribution >= 4 is 5.91 Å². The SMILES string of the molecule is CC(C)=CCCC(C)=CCCC(C)=CCCC(C)=CC(=O)NCCC1CN(CCCN)CN1C. The lowest BCUT2D eigenvalue weighted by atomic mass is 10.0. The molecule has 0 spiro atoms. The van der Waals surface area contributed by atoms with E-state index in [9.17, 15) is 4.79 Å². The molecule has 34 heavy (non-hydrogen) atoms. The van der Waals surface area contributed by atoms with E-state index in [2.05, 4.69) is 75.0 Å². The fourth-order valence-corrected chi connectivity index (χ4v) is 4.31. The van der Waals surface area contributed by atoms with Crippen molar-refractivity contribution in [3.63, 3.8) is 0 Å². The second-order valence-electron chi connectivity index (χ2n) is 10.3. The van der Waals surface area contributed by atoms with Gasteiger partial charge in [0, 0.05) is 31.8 Å².